The lowest BCUT2D eigenvalue weighted by molar-refractivity contribution is -0.135. The minimum Gasteiger partial charge on any atom is -0.457 e. The molecule has 3 aromatic carbocycles. The van der Waals surface area contributed by atoms with Gasteiger partial charge in [0.05, 0.1) is 0 Å². The number of rotatable bonds is 7. The second-order valence-electron chi connectivity index (χ2n) is 7.45. The first-order valence-corrected chi connectivity index (χ1v) is 10.5. The molecule has 0 fully saturated rings. The first-order valence-electron chi connectivity index (χ1n) is 10.5. The molecule has 2 N–H and O–H groups in total. The normalized spacial score (nSPS) is 13.1. The third-order valence-electron chi connectivity index (χ3n) is 4.88. The van der Waals surface area contributed by atoms with Gasteiger partial charge in [-0.2, -0.15) is 5.10 Å². The van der Waals surface area contributed by atoms with E-state index in [-0.39, 0.29) is 31.0 Å². The van der Waals surface area contributed by atoms with Crippen LogP contribution in [0.3, 0.4) is 0 Å². The minimum absolute atomic E-state index is 0.0501. The Labute approximate surface area is 195 Å². The fourth-order valence-corrected chi connectivity index (χ4v) is 3.19. The number of halogens is 1. The molecule has 3 amide bonds. The summed E-state index contributed by atoms with van der Waals surface area (Å²) in [6, 6.07) is 21.4. The maximum absolute atomic E-state index is 13.0. The van der Waals surface area contributed by atoms with E-state index in [0.717, 1.165) is 5.01 Å². The van der Waals surface area contributed by atoms with Crippen LogP contribution in [0.25, 0.3) is 0 Å². The average Bonchev–Trinajstić information content (AvgIpc) is 2.84. The van der Waals surface area contributed by atoms with Gasteiger partial charge < -0.3 is 15.4 Å². The molecule has 3 aromatic rings. The number of carbonyl (C=O) groups is 3. The quantitative estimate of drug-likeness (QED) is 0.553. The third-order valence-corrected chi connectivity index (χ3v) is 4.88. The van der Waals surface area contributed by atoms with E-state index < -0.39 is 17.6 Å². The Morgan fingerprint density at radius 1 is 0.853 bits per heavy atom. The largest absolute Gasteiger partial charge is 0.457 e. The Hall–Kier alpha value is -4.53. The molecule has 9 heteroatoms. The molecule has 4 rings (SSSR count). The van der Waals surface area contributed by atoms with Crippen LogP contribution in [0.4, 0.5) is 15.8 Å². The van der Waals surface area contributed by atoms with E-state index in [1.165, 1.54) is 24.3 Å². The molecule has 0 unspecified atom stereocenters. The van der Waals surface area contributed by atoms with Gasteiger partial charge in [0.2, 0.25) is 11.8 Å². The van der Waals surface area contributed by atoms with Crippen molar-refractivity contribution < 1.29 is 23.5 Å². The lowest BCUT2D eigenvalue weighted by Crippen LogP contribution is -2.40. The third kappa shape index (κ3) is 6.04. The van der Waals surface area contributed by atoms with E-state index in [9.17, 15) is 18.8 Å². The number of hydrogen-bond acceptors (Lipinski definition) is 5. The molecular weight excluding hydrogens is 439 g/mol. The molecule has 1 aliphatic rings. The summed E-state index contributed by atoms with van der Waals surface area (Å²) in [7, 11) is 0. The zero-order chi connectivity index (χ0) is 23.9. The molecular formula is C25H21FN4O4. The summed E-state index contributed by atoms with van der Waals surface area (Å²) in [4.78, 5) is 37.1. The predicted octanol–water partition coefficient (Wildman–Crippen LogP) is 4.17. The van der Waals surface area contributed by atoms with Crippen LogP contribution in [0.15, 0.2) is 84.0 Å². The molecule has 0 saturated heterocycles. The Bertz CT molecular complexity index is 1210. The van der Waals surface area contributed by atoms with Gasteiger partial charge in [-0.15, -0.1) is 0 Å². The van der Waals surface area contributed by atoms with E-state index in [1.807, 2.05) is 30.3 Å². The molecule has 0 saturated carbocycles. The van der Waals surface area contributed by atoms with Gasteiger partial charge in [-0.1, -0.05) is 18.2 Å². The summed E-state index contributed by atoms with van der Waals surface area (Å²) in [6.45, 7) is -0.339. The fraction of sp³-hybridized carbons (Fsp3) is 0.120. The highest BCUT2D eigenvalue weighted by Gasteiger charge is 2.26. The van der Waals surface area contributed by atoms with Crippen molar-refractivity contribution in [3.05, 3.63) is 84.7 Å². The van der Waals surface area contributed by atoms with Crippen LogP contribution in [-0.2, 0) is 14.4 Å². The zero-order valence-corrected chi connectivity index (χ0v) is 18.0. The monoisotopic (exact) mass is 460 g/mol. The van der Waals surface area contributed by atoms with Gasteiger partial charge in [0.25, 0.3) is 5.91 Å². The lowest BCUT2D eigenvalue weighted by Gasteiger charge is -2.22. The Balaban J connectivity index is 1.34. The van der Waals surface area contributed by atoms with Crippen molar-refractivity contribution in [1.82, 2.24) is 5.01 Å². The molecule has 0 aliphatic carbocycles. The van der Waals surface area contributed by atoms with Crippen LogP contribution in [0.2, 0.25) is 0 Å². The van der Waals surface area contributed by atoms with Crippen molar-refractivity contribution in [1.29, 1.82) is 0 Å². The second-order valence-corrected chi connectivity index (χ2v) is 7.45. The van der Waals surface area contributed by atoms with E-state index in [0.29, 0.717) is 22.9 Å². The number of ether oxygens (including phenoxy) is 1. The van der Waals surface area contributed by atoms with Gasteiger partial charge in [0, 0.05) is 24.2 Å². The minimum atomic E-state index is -0.515. The van der Waals surface area contributed by atoms with Crippen molar-refractivity contribution in [2.24, 2.45) is 5.10 Å². The summed E-state index contributed by atoms with van der Waals surface area (Å²) >= 11 is 0. The Morgan fingerprint density at radius 3 is 2.18 bits per heavy atom. The number of anilines is 2. The number of nitrogens with one attached hydrogen (secondary N) is 2. The van der Waals surface area contributed by atoms with Crippen LogP contribution >= 0.6 is 0 Å². The van der Waals surface area contributed by atoms with Crippen molar-refractivity contribution in [3.63, 3.8) is 0 Å². The summed E-state index contributed by atoms with van der Waals surface area (Å²) < 4.78 is 18.8. The lowest BCUT2D eigenvalue weighted by atomic mass is 10.1. The van der Waals surface area contributed by atoms with Crippen LogP contribution < -0.4 is 15.4 Å². The number of nitrogens with zero attached hydrogens (tertiary/aromatic N) is 2. The van der Waals surface area contributed by atoms with Crippen LogP contribution in [0, 0.1) is 5.82 Å². The molecule has 172 valence electrons. The number of hydrogen-bond donors (Lipinski definition) is 2. The van der Waals surface area contributed by atoms with Gasteiger partial charge in [-0.25, -0.2) is 9.40 Å². The van der Waals surface area contributed by atoms with Crippen LogP contribution in [-0.4, -0.2) is 35.0 Å². The number of carbonyl (C=O) groups excluding carboxylic acids is 3. The standard InChI is InChI=1S/C25H21FN4O4/c26-17-6-8-19(9-7-17)28-25(33)22-14-15-24(32)30(29-22)16-23(31)27-18-10-12-21(13-11-18)34-20-4-2-1-3-5-20/h1-13H,14-16H2,(H,27,31)(H,28,33). The predicted molar refractivity (Wildman–Crippen MR) is 125 cm³/mol. The second kappa shape index (κ2) is 10.4. The molecule has 0 radical (unpaired) electrons. The number of para-hydroxylation sites is 1. The first-order chi connectivity index (χ1) is 16.5. The number of hydrazone groups is 1. The average molecular weight is 460 g/mol. The molecule has 8 nitrogen and oxygen atoms in total. The number of amides is 3. The zero-order valence-electron chi connectivity index (χ0n) is 18.0. The van der Waals surface area contributed by atoms with E-state index in [1.54, 1.807) is 24.3 Å². The van der Waals surface area contributed by atoms with E-state index >= 15 is 0 Å². The topological polar surface area (TPSA) is 100 Å². The van der Waals surface area contributed by atoms with Gasteiger partial charge in [-0.3, -0.25) is 14.4 Å². The fourth-order valence-electron chi connectivity index (χ4n) is 3.19. The highest BCUT2D eigenvalue weighted by atomic mass is 19.1. The molecule has 34 heavy (non-hydrogen) atoms. The first kappa shape index (κ1) is 22.7. The smallest absolute Gasteiger partial charge is 0.271 e. The van der Waals surface area contributed by atoms with Gasteiger partial charge in [0.15, 0.2) is 0 Å². The maximum Gasteiger partial charge on any atom is 0.271 e. The Morgan fingerprint density at radius 2 is 1.47 bits per heavy atom. The van der Waals surface area contributed by atoms with Gasteiger partial charge in [0.1, 0.15) is 29.6 Å². The Kier molecular flexibility index (Phi) is 6.92. The van der Waals surface area contributed by atoms with Crippen LogP contribution in [0.1, 0.15) is 12.8 Å². The molecule has 1 aliphatic heterocycles. The maximum atomic E-state index is 13.0. The molecule has 0 spiro atoms. The highest BCUT2D eigenvalue weighted by Crippen LogP contribution is 2.22. The van der Waals surface area contributed by atoms with Gasteiger partial charge >= 0.3 is 0 Å². The van der Waals surface area contributed by atoms with Crippen LogP contribution in [0.5, 0.6) is 11.5 Å². The van der Waals surface area contributed by atoms with E-state index in [2.05, 4.69) is 15.7 Å². The summed E-state index contributed by atoms with van der Waals surface area (Å²) in [5, 5.41) is 10.3. The van der Waals surface area contributed by atoms with E-state index in [4.69, 9.17) is 4.74 Å². The molecule has 0 atom stereocenters. The highest BCUT2D eigenvalue weighted by molar-refractivity contribution is 6.43. The molecule has 0 bridgehead atoms. The SMILES string of the molecule is O=C(CN1N=C(C(=O)Nc2ccc(F)cc2)CCC1=O)Nc1ccc(Oc2ccccc2)cc1. The van der Waals surface area contributed by atoms with Crippen molar-refractivity contribution in [3.8, 4) is 11.5 Å². The summed E-state index contributed by atoms with van der Waals surface area (Å²) in [5.74, 6) is -0.460. The van der Waals surface area contributed by atoms with Gasteiger partial charge in [-0.05, 0) is 60.7 Å². The summed E-state index contributed by atoms with van der Waals surface area (Å²) in [5.41, 5.74) is 1.03. The van der Waals surface area contributed by atoms with Crippen molar-refractivity contribution in [2.45, 2.75) is 12.8 Å². The van der Waals surface area contributed by atoms with Crippen molar-refractivity contribution in [2.75, 3.05) is 17.2 Å². The number of benzene rings is 3. The summed E-state index contributed by atoms with van der Waals surface area (Å²) in [6.07, 6.45) is 0.196. The molecule has 1 heterocycles. The molecule has 0 aromatic heterocycles. The van der Waals surface area contributed by atoms with Crippen molar-refractivity contribution >= 4 is 34.8 Å².